The van der Waals surface area contributed by atoms with E-state index >= 15 is 0 Å². The molecule has 0 saturated carbocycles. The predicted molar refractivity (Wildman–Crippen MR) is 87.1 cm³/mol. The van der Waals surface area contributed by atoms with Gasteiger partial charge in [-0.2, -0.15) is 13.2 Å². The molecular weight excluding hydrogens is 335 g/mol. The molecule has 0 unspecified atom stereocenters. The fraction of sp³-hybridized carbons (Fsp3) is 0.529. The molecule has 0 bridgehead atoms. The van der Waals surface area contributed by atoms with Crippen LogP contribution in [-0.2, 0) is 11.3 Å². The number of piperidine rings is 1. The maximum absolute atomic E-state index is 12.0. The summed E-state index contributed by atoms with van der Waals surface area (Å²) in [5.74, 6) is -1.48. The quantitative estimate of drug-likeness (QED) is 0.763. The summed E-state index contributed by atoms with van der Waals surface area (Å²) in [6.45, 7) is 3.03. The van der Waals surface area contributed by atoms with Crippen molar-refractivity contribution >= 4 is 5.91 Å². The van der Waals surface area contributed by atoms with E-state index in [-0.39, 0.29) is 13.2 Å². The molecule has 1 aliphatic rings. The number of nitrogens with one attached hydrogen (secondary N) is 1. The van der Waals surface area contributed by atoms with Crippen LogP contribution in [0.25, 0.3) is 0 Å². The van der Waals surface area contributed by atoms with Crippen LogP contribution in [0, 0.1) is 0 Å². The van der Waals surface area contributed by atoms with Crippen molar-refractivity contribution < 1.29 is 22.7 Å². The first-order valence-corrected chi connectivity index (χ1v) is 8.25. The van der Waals surface area contributed by atoms with Crippen LogP contribution in [0.15, 0.2) is 30.5 Å². The molecule has 5 nitrogen and oxygen atoms in total. The van der Waals surface area contributed by atoms with Gasteiger partial charge in [-0.25, -0.2) is 4.98 Å². The molecule has 2 heterocycles. The molecular formula is C17H22F3N3O2. The topological polar surface area (TPSA) is 54.5 Å². The first-order chi connectivity index (χ1) is 11.9. The van der Waals surface area contributed by atoms with Gasteiger partial charge >= 0.3 is 12.1 Å². The van der Waals surface area contributed by atoms with E-state index in [2.05, 4.69) is 9.88 Å². The molecule has 1 aliphatic heterocycles. The van der Waals surface area contributed by atoms with E-state index in [4.69, 9.17) is 4.74 Å². The van der Waals surface area contributed by atoms with Crippen LogP contribution in [0.5, 0.6) is 5.88 Å². The summed E-state index contributed by atoms with van der Waals surface area (Å²) in [4.78, 5) is 17.1. The second kappa shape index (κ2) is 9.41. The summed E-state index contributed by atoms with van der Waals surface area (Å²) in [5, 5.41) is 1.75. The first kappa shape index (κ1) is 19.2. The molecule has 138 valence electrons. The molecule has 0 aromatic carbocycles. The minimum absolute atomic E-state index is 0.169. The third-order valence-corrected chi connectivity index (χ3v) is 3.79. The number of hydrogen-bond donors (Lipinski definition) is 1. The number of halogens is 3. The molecule has 1 saturated heterocycles. The Balaban J connectivity index is 1.71. The minimum atomic E-state index is -4.86. The summed E-state index contributed by atoms with van der Waals surface area (Å²) in [5.41, 5.74) is 1.12. The van der Waals surface area contributed by atoms with Gasteiger partial charge in [-0.1, -0.05) is 12.5 Å². The summed E-state index contributed by atoms with van der Waals surface area (Å²) < 4.78 is 41.4. The summed E-state index contributed by atoms with van der Waals surface area (Å²) >= 11 is 0. The van der Waals surface area contributed by atoms with Gasteiger partial charge in [0, 0.05) is 25.4 Å². The standard InChI is InChI=1S/C17H22F3N3O2/c18-17(19,20)16(24)22-7-2-5-11-25-15-12-14(6-8-21-15)13-23-9-3-1-4-10-23/h2,5-6,8,12H,1,3-4,7,9-11,13H2,(H,22,24)/b5-2-. The highest BCUT2D eigenvalue weighted by Crippen LogP contribution is 2.16. The highest BCUT2D eigenvalue weighted by atomic mass is 19.4. The molecule has 1 aromatic rings. The smallest absolute Gasteiger partial charge is 0.471 e. The van der Waals surface area contributed by atoms with E-state index in [0.29, 0.717) is 5.88 Å². The molecule has 1 N–H and O–H groups in total. The van der Waals surface area contributed by atoms with Crippen LogP contribution in [-0.4, -0.2) is 48.2 Å². The molecule has 2 rings (SSSR count). The number of alkyl halides is 3. The second-order valence-electron chi connectivity index (χ2n) is 5.83. The van der Waals surface area contributed by atoms with Gasteiger partial charge in [0.05, 0.1) is 0 Å². The number of rotatable bonds is 7. The number of carbonyl (C=O) groups excluding carboxylic acids is 1. The average Bonchev–Trinajstić information content (AvgIpc) is 2.58. The largest absolute Gasteiger partial charge is 0.473 e. The van der Waals surface area contributed by atoms with Gasteiger partial charge in [-0.15, -0.1) is 0 Å². The Morgan fingerprint density at radius 2 is 2.04 bits per heavy atom. The van der Waals surface area contributed by atoms with Crippen LogP contribution >= 0.6 is 0 Å². The van der Waals surface area contributed by atoms with Gasteiger partial charge in [0.15, 0.2) is 0 Å². The maximum Gasteiger partial charge on any atom is 0.471 e. The lowest BCUT2D eigenvalue weighted by atomic mass is 10.1. The number of aromatic nitrogens is 1. The molecule has 0 spiro atoms. The molecule has 1 aromatic heterocycles. The van der Waals surface area contributed by atoms with Crippen LogP contribution < -0.4 is 10.1 Å². The summed E-state index contributed by atoms with van der Waals surface area (Å²) in [7, 11) is 0. The Morgan fingerprint density at radius 1 is 1.28 bits per heavy atom. The van der Waals surface area contributed by atoms with Gasteiger partial charge in [0.2, 0.25) is 5.88 Å². The van der Waals surface area contributed by atoms with Gasteiger partial charge in [0.25, 0.3) is 0 Å². The Bertz CT molecular complexity index is 585. The minimum Gasteiger partial charge on any atom is -0.473 e. The zero-order valence-corrected chi connectivity index (χ0v) is 13.9. The molecule has 8 heteroatoms. The van der Waals surface area contributed by atoms with Crippen molar-refractivity contribution in [2.24, 2.45) is 0 Å². The average molecular weight is 357 g/mol. The van der Waals surface area contributed by atoms with Crippen LogP contribution in [0.3, 0.4) is 0 Å². The number of pyridine rings is 1. The van der Waals surface area contributed by atoms with Gasteiger partial charge < -0.3 is 10.1 Å². The summed E-state index contributed by atoms with van der Waals surface area (Å²) in [6.07, 6.45) is 3.51. The number of nitrogens with zero attached hydrogens (tertiary/aromatic N) is 2. The molecule has 0 atom stereocenters. The molecule has 1 fully saturated rings. The van der Waals surface area contributed by atoms with E-state index in [1.165, 1.54) is 31.4 Å². The first-order valence-electron chi connectivity index (χ1n) is 8.25. The molecule has 25 heavy (non-hydrogen) atoms. The zero-order chi connectivity index (χ0) is 18.1. The Kier molecular flexibility index (Phi) is 7.24. The lowest BCUT2D eigenvalue weighted by Gasteiger charge is -2.26. The van der Waals surface area contributed by atoms with E-state index in [9.17, 15) is 18.0 Å². The highest BCUT2D eigenvalue weighted by molar-refractivity contribution is 5.81. The van der Waals surface area contributed by atoms with Crippen molar-refractivity contribution in [3.8, 4) is 5.88 Å². The van der Waals surface area contributed by atoms with Crippen molar-refractivity contribution in [1.82, 2.24) is 15.2 Å². The fourth-order valence-corrected chi connectivity index (χ4v) is 2.54. The van der Waals surface area contributed by atoms with Crippen molar-refractivity contribution in [1.29, 1.82) is 0 Å². The monoisotopic (exact) mass is 357 g/mol. The lowest BCUT2D eigenvalue weighted by Crippen LogP contribution is -2.36. The van der Waals surface area contributed by atoms with Gasteiger partial charge in [0.1, 0.15) is 6.61 Å². The van der Waals surface area contributed by atoms with E-state index < -0.39 is 12.1 Å². The van der Waals surface area contributed by atoms with E-state index in [1.54, 1.807) is 11.5 Å². The number of amides is 1. The third-order valence-electron chi connectivity index (χ3n) is 3.79. The van der Waals surface area contributed by atoms with Crippen molar-refractivity contribution in [2.45, 2.75) is 32.0 Å². The third kappa shape index (κ3) is 7.13. The van der Waals surface area contributed by atoms with Crippen LogP contribution in [0.1, 0.15) is 24.8 Å². The van der Waals surface area contributed by atoms with Crippen molar-refractivity contribution in [3.05, 3.63) is 36.0 Å². The number of likely N-dealkylation sites (tertiary alicyclic amines) is 1. The van der Waals surface area contributed by atoms with Crippen LogP contribution in [0.4, 0.5) is 13.2 Å². The van der Waals surface area contributed by atoms with Crippen molar-refractivity contribution in [3.63, 3.8) is 0 Å². The van der Waals surface area contributed by atoms with Gasteiger partial charge in [-0.3, -0.25) is 9.69 Å². The fourth-order valence-electron chi connectivity index (χ4n) is 2.54. The maximum atomic E-state index is 12.0. The Hall–Kier alpha value is -2.09. The van der Waals surface area contributed by atoms with E-state index in [0.717, 1.165) is 25.2 Å². The van der Waals surface area contributed by atoms with Crippen LogP contribution in [0.2, 0.25) is 0 Å². The molecule has 1 amide bonds. The molecule has 0 radical (unpaired) electrons. The Morgan fingerprint density at radius 3 is 2.76 bits per heavy atom. The number of carbonyl (C=O) groups is 1. The summed E-state index contributed by atoms with van der Waals surface area (Å²) in [6, 6.07) is 3.82. The number of ether oxygens (including phenoxy) is 1. The normalized spacial score (nSPS) is 16.1. The molecule has 0 aliphatic carbocycles. The predicted octanol–water partition coefficient (Wildman–Crippen LogP) is 2.68. The van der Waals surface area contributed by atoms with Crippen molar-refractivity contribution in [2.75, 3.05) is 26.2 Å². The zero-order valence-electron chi connectivity index (χ0n) is 13.9. The number of hydrogen-bond acceptors (Lipinski definition) is 4. The van der Waals surface area contributed by atoms with Gasteiger partial charge in [-0.05, 0) is 43.6 Å². The lowest BCUT2D eigenvalue weighted by molar-refractivity contribution is -0.173. The Labute approximate surface area is 144 Å². The highest BCUT2D eigenvalue weighted by Gasteiger charge is 2.37. The van der Waals surface area contributed by atoms with E-state index in [1.807, 2.05) is 12.1 Å². The SMILES string of the molecule is O=C(NC/C=C\COc1cc(CN2CCCCC2)ccn1)C(F)(F)F. The second-order valence-corrected chi connectivity index (χ2v) is 5.83.